The molecule has 1 rings (SSSR count). The van der Waals surface area contributed by atoms with Crippen molar-refractivity contribution >= 4 is 29.3 Å². The van der Waals surface area contributed by atoms with Gasteiger partial charge < -0.3 is 14.8 Å². The third-order valence-corrected chi connectivity index (χ3v) is 3.36. The monoisotopic (exact) mass is 337 g/mol. The third-order valence-electron chi connectivity index (χ3n) is 2.94. The number of nitrogens with zero attached hydrogens (tertiary/aromatic N) is 1. The summed E-state index contributed by atoms with van der Waals surface area (Å²) in [7, 11) is 4.92. The number of rotatable bonds is 7. The Kier molecular flexibility index (Phi) is 8.71. The van der Waals surface area contributed by atoms with Crippen LogP contribution in [0, 0.1) is 0 Å². The molecule has 0 radical (unpaired) electrons. The van der Waals surface area contributed by atoms with Gasteiger partial charge in [-0.1, -0.05) is 18.2 Å². The predicted octanol–water partition coefficient (Wildman–Crippen LogP) is 1.58. The fraction of sp³-hybridized carbons (Fsp3) is 0.375. The number of para-hydroxylation sites is 1. The smallest absolute Gasteiger partial charge is 0.262 e. The lowest BCUT2D eigenvalue weighted by Gasteiger charge is -2.20. The minimum absolute atomic E-state index is 0.278. The Morgan fingerprint density at radius 3 is 2.78 bits per heavy atom. The van der Waals surface area contributed by atoms with E-state index in [0.717, 1.165) is 12.0 Å². The molecule has 7 heteroatoms. The second kappa shape index (κ2) is 10.6. The molecule has 0 atom stereocenters. The first-order chi connectivity index (χ1) is 11.1. The van der Waals surface area contributed by atoms with E-state index in [-0.39, 0.29) is 5.91 Å². The Bertz CT molecular complexity index is 549. The first-order valence-corrected chi connectivity index (χ1v) is 7.61. The summed E-state index contributed by atoms with van der Waals surface area (Å²) in [5.41, 5.74) is 3.49. The summed E-state index contributed by atoms with van der Waals surface area (Å²) in [4.78, 5) is 11.9. The summed E-state index contributed by atoms with van der Waals surface area (Å²) in [6.07, 6.45) is 3.96. The molecule has 0 unspecified atom stereocenters. The van der Waals surface area contributed by atoms with Gasteiger partial charge in [-0.15, -0.1) is 0 Å². The van der Waals surface area contributed by atoms with Gasteiger partial charge in [-0.05, 0) is 30.8 Å². The quantitative estimate of drug-likeness (QED) is 0.341. The number of ether oxygens (including phenoxy) is 2. The number of amides is 1. The molecule has 0 aliphatic rings. The molecule has 1 aromatic carbocycles. The van der Waals surface area contributed by atoms with Gasteiger partial charge in [0, 0.05) is 38.9 Å². The van der Waals surface area contributed by atoms with Crippen LogP contribution >= 0.6 is 12.2 Å². The van der Waals surface area contributed by atoms with E-state index in [9.17, 15) is 4.79 Å². The first-order valence-electron chi connectivity index (χ1n) is 7.20. The van der Waals surface area contributed by atoms with Crippen molar-refractivity contribution in [3.63, 3.8) is 0 Å². The fourth-order valence-corrected chi connectivity index (χ4v) is 1.90. The van der Waals surface area contributed by atoms with Crippen LogP contribution in [0.1, 0.15) is 12.0 Å². The molecule has 0 aromatic heterocycles. The number of hydrogen-bond acceptors (Lipinski definition) is 4. The maximum atomic E-state index is 11.9. The van der Waals surface area contributed by atoms with Gasteiger partial charge in [-0.2, -0.15) is 0 Å². The fourth-order valence-electron chi connectivity index (χ4n) is 1.75. The molecule has 2 N–H and O–H groups in total. The summed E-state index contributed by atoms with van der Waals surface area (Å²) >= 11 is 5.18. The third kappa shape index (κ3) is 7.12. The zero-order valence-corrected chi connectivity index (χ0v) is 14.5. The number of carbonyl (C=O) groups excluding carboxylic acids is 1. The van der Waals surface area contributed by atoms with Crippen LogP contribution in [0.5, 0.6) is 5.75 Å². The Morgan fingerprint density at radius 1 is 1.35 bits per heavy atom. The Balaban J connectivity index is 2.46. The maximum Gasteiger partial charge on any atom is 0.262 e. The van der Waals surface area contributed by atoms with Gasteiger partial charge in [-0.3, -0.25) is 15.2 Å². The number of hydrazine groups is 1. The molecule has 23 heavy (non-hydrogen) atoms. The summed E-state index contributed by atoms with van der Waals surface area (Å²) in [5.74, 6) is 0.430. The number of methoxy groups -OCH3 is 2. The van der Waals surface area contributed by atoms with Gasteiger partial charge in [0.25, 0.3) is 5.91 Å². The molecule has 0 aliphatic carbocycles. The zero-order valence-electron chi connectivity index (χ0n) is 13.7. The molecule has 126 valence electrons. The van der Waals surface area contributed by atoms with Crippen molar-refractivity contribution in [2.45, 2.75) is 6.42 Å². The SMILES string of the molecule is COCCCNC(=S)N(C)NC(=O)/C=C/c1ccccc1OC. The second-order valence-electron chi connectivity index (χ2n) is 4.69. The molecular weight excluding hydrogens is 314 g/mol. The molecule has 0 aliphatic heterocycles. The van der Waals surface area contributed by atoms with Crippen LogP contribution in [-0.4, -0.2) is 50.4 Å². The van der Waals surface area contributed by atoms with E-state index in [1.165, 1.54) is 11.1 Å². The highest BCUT2D eigenvalue weighted by atomic mass is 32.1. The van der Waals surface area contributed by atoms with Gasteiger partial charge in [-0.25, -0.2) is 0 Å². The van der Waals surface area contributed by atoms with Crippen LogP contribution in [0.3, 0.4) is 0 Å². The lowest BCUT2D eigenvalue weighted by molar-refractivity contribution is -0.119. The van der Waals surface area contributed by atoms with Crippen LogP contribution in [0.25, 0.3) is 6.08 Å². The van der Waals surface area contributed by atoms with Gasteiger partial charge in [0.15, 0.2) is 5.11 Å². The standard InChI is InChI=1S/C16H23N3O3S/c1-19(16(23)17-11-6-12-21-2)18-15(20)10-9-13-7-4-5-8-14(13)22-3/h4-5,7-10H,6,11-12H2,1-3H3,(H,17,23)(H,18,20)/b10-9+. The second-order valence-corrected chi connectivity index (χ2v) is 5.08. The van der Waals surface area contributed by atoms with E-state index in [1.54, 1.807) is 27.3 Å². The molecular formula is C16H23N3O3S. The number of thiocarbonyl (C=S) groups is 1. The van der Waals surface area contributed by atoms with Crippen molar-refractivity contribution in [3.8, 4) is 5.75 Å². The van der Waals surface area contributed by atoms with Crippen molar-refractivity contribution < 1.29 is 14.3 Å². The van der Waals surface area contributed by atoms with Crippen molar-refractivity contribution in [3.05, 3.63) is 35.9 Å². The Hall–Kier alpha value is -2.12. The van der Waals surface area contributed by atoms with Crippen LogP contribution in [0.2, 0.25) is 0 Å². The first kappa shape index (κ1) is 18.9. The van der Waals surface area contributed by atoms with Crippen molar-refractivity contribution in [2.24, 2.45) is 0 Å². The van der Waals surface area contributed by atoms with Crippen molar-refractivity contribution in [1.29, 1.82) is 0 Å². The number of carbonyl (C=O) groups is 1. The van der Waals surface area contributed by atoms with E-state index >= 15 is 0 Å². The highest BCUT2D eigenvalue weighted by Gasteiger charge is 2.06. The van der Waals surface area contributed by atoms with Gasteiger partial charge in [0.2, 0.25) is 0 Å². The van der Waals surface area contributed by atoms with Gasteiger partial charge >= 0.3 is 0 Å². The highest BCUT2D eigenvalue weighted by Crippen LogP contribution is 2.18. The van der Waals surface area contributed by atoms with E-state index in [1.807, 2.05) is 24.3 Å². The van der Waals surface area contributed by atoms with Gasteiger partial charge in [0.1, 0.15) is 5.75 Å². The average molecular weight is 337 g/mol. The molecule has 0 fully saturated rings. The van der Waals surface area contributed by atoms with E-state index in [0.29, 0.717) is 24.0 Å². The largest absolute Gasteiger partial charge is 0.496 e. The Morgan fingerprint density at radius 2 is 2.09 bits per heavy atom. The zero-order chi connectivity index (χ0) is 17.1. The molecule has 0 bridgehead atoms. The summed E-state index contributed by atoms with van der Waals surface area (Å²) < 4.78 is 10.2. The molecule has 1 aromatic rings. The molecule has 0 spiro atoms. The van der Waals surface area contributed by atoms with Gasteiger partial charge in [0.05, 0.1) is 7.11 Å². The molecule has 0 saturated carbocycles. The number of benzene rings is 1. The topological polar surface area (TPSA) is 62.8 Å². The molecule has 0 saturated heterocycles. The summed E-state index contributed by atoms with van der Waals surface area (Å²) in [5, 5.41) is 4.95. The minimum Gasteiger partial charge on any atom is -0.496 e. The van der Waals surface area contributed by atoms with Crippen LogP contribution in [0.15, 0.2) is 30.3 Å². The Labute approximate surface area is 142 Å². The number of nitrogens with one attached hydrogen (secondary N) is 2. The maximum absolute atomic E-state index is 11.9. The molecule has 1 amide bonds. The van der Waals surface area contributed by atoms with Crippen LogP contribution in [0.4, 0.5) is 0 Å². The van der Waals surface area contributed by atoms with E-state index < -0.39 is 0 Å². The van der Waals surface area contributed by atoms with E-state index in [2.05, 4.69) is 10.7 Å². The average Bonchev–Trinajstić information content (AvgIpc) is 2.56. The molecule has 0 heterocycles. The summed E-state index contributed by atoms with van der Waals surface area (Å²) in [6, 6.07) is 7.46. The van der Waals surface area contributed by atoms with E-state index in [4.69, 9.17) is 21.7 Å². The minimum atomic E-state index is -0.278. The van der Waals surface area contributed by atoms with Crippen molar-refractivity contribution in [2.75, 3.05) is 34.4 Å². The normalized spacial score (nSPS) is 10.4. The van der Waals surface area contributed by atoms with Crippen LogP contribution in [-0.2, 0) is 9.53 Å². The lowest BCUT2D eigenvalue weighted by atomic mass is 10.2. The predicted molar refractivity (Wildman–Crippen MR) is 95.0 cm³/mol. The van der Waals surface area contributed by atoms with Crippen molar-refractivity contribution in [1.82, 2.24) is 15.8 Å². The summed E-state index contributed by atoms with van der Waals surface area (Å²) in [6.45, 7) is 1.34. The molecule has 6 nitrogen and oxygen atoms in total. The van der Waals surface area contributed by atoms with Crippen LogP contribution < -0.4 is 15.5 Å². The lowest BCUT2D eigenvalue weighted by Crippen LogP contribution is -2.47. The highest BCUT2D eigenvalue weighted by molar-refractivity contribution is 7.80. The number of hydrogen-bond donors (Lipinski definition) is 2.